The van der Waals surface area contributed by atoms with Crippen molar-refractivity contribution in [2.75, 3.05) is 17.2 Å². The van der Waals surface area contributed by atoms with Gasteiger partial charge < -0.3 is 10.6 Å². The van der Waals surface area contributed by atoms with Gasteiger partial charge in [-0.25, -0.2) is 9.97 Å². The fourth-order valence-electron chi connectivity index (χ4n) is 5.44. The molecule has 4 aliphatic carbocycles. The van der Waals surface area contributed by atoms with Gasteiger partial charge in [0.15, 0.2) is 0 Å². The van der Waals surface area contributed by atoms with Gasteiger partial charge >= 0.3 is 0 Å². The molecule has 0 atom stereocenters. The summed E-state index contributed by atoms with van der Waals surface area (Å²) in [5.41, 5.74) is 0.318. The van der Waals surface area contributed by atoms with Crippen LogP contribution in [0.1, 0.15) is 51.3 Å². The predicted octanol–water partition coefficient (Wildman–Crippen LogP) is 3.60. The highest BCUT2D eigenvalue weighted by atomic mass is 15.1. The second kappa shape index (κ2) is 4.85. The molecule has 2 N–H and O–H groups in total. The van der Waals surface area contributed by atoms with Crippen LogP contribution in [0.5, 0.6) is 0 Å². The molecule has 0 saturated heterocycles. The van der Waals surface area contributed by atoms with Crippen molar-refractivity contribution in [1.29, 1.82) is 0 Å². The van der Waals surface area contributed by atoms with Crippen LogP contribution in [0.25, 0.3) is 0 Å². The Bertz CT molecular complexity index is 504. The number of hydrogen-bond acceptors (Lipinski definition) is 4. The maximum absolute atomic E-state index is 4.63. The number of anilines is 2. The summed E-state index contributed by atoms with van der Waals surface area (Å²) in [6.07, 6.45) is 8.47. The molecule has 4 fully saturated rings. The second-order valence-electron chi connectivity index (χ2n) is 7.54. The van der Waals surface area contributed by atoms with Gasteiger partial charge in [0.05, 0.1) is 0 Å². The molecule has 0 aromatic carbocycles. The average Bonchev–Trinajstić information content (AvgIpc) is 2.35. The molecular formula is C17H26N4. The van der Waals surface area contributed by atoms with Crippen LogP contribution in [-0.4, -0.2) is 22.1 Å². The number of nitrogens with one attached hydrogen (secondary N) is 2. The zero-order valence-electron chi connectivity index (χ0n) is 13.2. The molecule has 4 nitrogen and oxygen atoms in total. The van der Waals surface area contributed by atoms with Crippen LogP contribution in [0.15, 0.2) is 6.07 Å². The molecule has 4 heteroatoms. The Labute approximate surface area is 127 Å². The van der Waals surface area contributed by atoms with E-state index in [1.807, 2.05) is 6.92 Å². The van der Waals surface area contributed by atoms with Gasteiger partial charge in [0.2, 0.25) is 0 Å². The average molecular weight is 286 g/mol. The zero-order chi connectivity index (χ0) is 14.4. The molecule has 0 spiro atoms. The van der Waals surface area contributed by atoms with Crippen molar-refractivity contribution < 1.29 is 0 Å². The SMILES string of the molecule is CCNc1cc(NC23CC4CC(CC(C4)C2)C3)nc(C)n1. The minimum atomic E-state index is 0.318. The Morgan fingerprint density at radius 3 is 2.19 bits per heavy atom. The van der Waals surface area contributed by atoms with Gasteiger partial charge in [0.25, 0.3) is 0 Å². The third-order valence-corrected chi connectivity index (χ3v) is 5.63. The van der Waals surface area contributed by atoms with Crippen molar-refractivity contribution in [3.63, 3.8) is 0 Å². The first-order valence-electron chi connectivity index (χ1n) is 8.52. The smallest absolute Gasteiger partial charge is 0.132 e. The molecule has 0 amide bonds. The van der Waals surface area contributed by atoms with E-state index in [2.05, 4.69) is 33.6 Å². The van der Waals surface area contributed by atoms with Crippen LogP contribution >= 0.6 is 0 Å². The molecule has 5 rings (SSSR count). The Morgan fingerprint density at radius 1 is 1.05 bits per heavy atom. The summed E-state index contributed by atoms with van der Waals surface area (Å²) in [6, 6.07) is 2.08. The van der Waals surface area contributed by atoms with E-state index in [0.717, 1.165) is 41.8 Å². The lowest BCUT2D eigenvalue weighted by Crippen LogP contribution is -2.54. The maximum atomic E-state index is 4.63. The highest BCUT2D eigenvalue weighted by molar-refractivity contribution is 5.49. The summed E-state index contributed by atoms with van der Waals surface area (Å²) in [7, 11) is 0. The third-order valence-electron chi connectivity index (χ3n) is 5.63. The van der Waals surface area contributed by atoms with Crippen molar-refractivity contribution in [2.24, 2.45) is 17.8 Å². The fraction of sp³-hybridized carbons (Fsp3) is 0.765. The molecule has 0 radical (unpaired) electrons. The molecule has 4 aliphatic rings. The van der Waals surface area contributed by atoms with E-state index >= 15 is 0 Å². The number of hydrogen-bond donors (Lipinski definition) is 2. The summed E-state index contributed by atoms with van der Waals surface area (Å²) < 4.78 is 0. The highest BCUT2D eigenvalue weighted by Gasteiger charge is 2.51. The van der Waals surface area contributed by atoms with Crippen molar-refractivity contribution in [2.45, 2.75) is 57.9 Å². The van der Waals surface area contributed by atoms with Crippen LogP contribution in [0.3, 0.4) is 0 Å². The summed E-state index contributed by atoms with van der Waals surface area (Å²) in [4.78, 5) is 9.09. The van der Waals surface area contributed by atoms with Gasteiger partial charge in [-0.1, -0.05) is 0 Å². The van der Waals surface area contributed by atoms with Gasteiger partial charge in [-0.3, -0.25) is 0 Å². The Kier molecular flexibility index (Phi) is 3.09. The summed E-state index contributed by atoms with van der Waals surface area (Å²) in [5, 5.41) is 7.14. The Balaban J connectivity index is 1.58. The first-order valence-corrected chi connectivity index (χ1v) is 8.52. The molecular weight excluding hydrogens is 260 g/mol. The summed E-state index contributed by atoms with van der Waals surface area (Å²) in [5.74, 6) is 5.68. The maximum Gasteiger partial charge on any atom is 0.132 e. The summed E-state index contributed by atoms with van der Waals surface area (Å²) in [6.45, 7) is 4.97. The van der Waals surface area contributed by atoms with E-state index in [1.165, 1.54) is 38.5 Å². The highest BCUT2D eigenvalue weighted by Crippen LogP contribution is 2.56. The standard InChI is InChI=1S/C17H26N4/c1-3-18-15-7-16(20-11(2)19-15)21-17-8-12-4-13(9-17)6-14(5-12)10-17/h7,12-14H,3-6,8-10H2,1-2H3,(H2,18,19,20,21). The van der Waals surface area contributed by atoms with Crippen molar-refractivity contribution in [1.82, 2.24) is 9.97 Å². The number of aromatic nitrogens is 2. The van der Waals surface area contributed by atoms with Gasteiger partial charge in [0, 0.05) is 18.2 Å². The Morgan fingerprint density at radius 2 is 1.62 bits per heavy atom. The van der Waals surface area contributed by atoms with Gasteiger partial charge in [-0.15, -0.1) is 0 Å². The molecule has 21 heavy (non-hydrogen) atoms. The first-order chi connectivity index (χ1) is 10.1. The van der Waals surface area contributed by atoms with Gasteiger partial charge in [0.1, 0.15) is 17.5 Å². The van der Waals surface area contributed by atoms with Crippen LogP contribution in [0.2, 0.25) is 0 Å². The van der Waals surface area contributed by atoms with Crippen LogP contribution < -0.4 is 10.6 Å². The Hall–Kier alpha value is -1.32. The lowest BCUT2D eigenvalue weighted by atomic mass is 9.53. The van der Waals surface area contributed by atoms with Crippen molar-refractivity contribution in [3.8, 4) is 0 Å². The third kappa shape index (κ3) is 2.49. The molecule has 1 aromatic heterocycles. The van der Waals surface area contributed by atoms with Crippen LogP contribution in [0, 0.1) is 24.7 Å². The minimum Gasteiger partial charge on any atom is -0.370 e. The van der Waals surface area contributed by atoms with Crippen LogP contribution in [0.4, 0.5) is 11.6 Å². The van der Waals surface area contributed by atoms with Crippen LogP contribution in [-0.2, 0) is 0 Å². The molecule has 4 bridgehead atoms. The molecule has 0 unspecified atom stereocenters. The zero-order valence-corrected chi connectivity index (χ0v) is 13.2. The van der Waals surface area contributed by atoms with E-state index in [9.17, 15) is 0 Å². The monoisotopic (exact) mass is 286 g/mol. The lowest BCUT2D eigenvalue weighted by Gasteiger charge is -2.57. The summed E-state index contributed by atoms with van der Waals surface area (Å²) >= 11 is 0. The van der Waals surface area contributed by atoms with E-state index in [0.29, 0.717) is 5.54 Å². The normalized spacial score (nSPS) is 36.8. The molecule has 4 saturated carbocycles. The lowest BCUT2D eigenvalue weighted by molar-refractivity contribution is 0.0105. The van der Waals surface area contributed by atoms with Gasteiger partial charge in [-0.05, 0) is 70.1 Å². The molecule has 1 heterocycles. The van der Waals surface area contributed by atoms with E-state index in [1.54, 1.807) is 0 Å². The molecule has 1 aromatic rings. The molecule has 114 valence electrons. The number of aryl methyl sites for hydroxylation is 1. The molecule has 0 aliphatic heterocycles. The first kappa shape index (κ1) is 13.4. The van der Waals surface area contributed by atoms with Crippen molar-refractivity contribution >= 4 is 11.6 Å². The topological polar surface area (TPSA) is 49.8 Å². The van der Waals surface area contributed by atoms with E-state index in [-0.39, 0.29) is 0 Å². The number of rotatable bonds is 4. The quantitative estimate of drug-likeness (QED) is 0.888. The van der Waals surface area contributed by atoms with Gasteiger partial charge in [-0.2, -0.15) is 0 Å². The minimum absolute atomic E-state index is 0.318. The fourth-order valence-corrected chi connectivity index (χ4v) is 5.44. The largest absolute Gasteiger partial charge is 0.370 e. The predicted molar refractivity (Wildman–Crippen MR) is 85.5 cm³/mol. The second-order valence-corrected chi connectivity index (χ2v) is 7.54. The van der Waals surface area contributed by atoms with Crippen molar-refractivity contribution in [3.05, 3.63) is 11.9 Å². The number of nitrogens with zero attached hydrogens (tertiary/aromatic N) is 2. The van der Waals surface area contributed by atoms with E-state index < -0.39 is 0 Å². The van der Waals surface area contributed by atoms with E-state index in [4.69, 9.17) is 0 Å².